The zero-order chi connectivity index (χ0) is 7.56. The minimum absolute atomic E-state index is 0.0586. The molecule has 0 radical (unpaired) electrons. The summed E-state index contributed by atoms with van der Waals surface area (Å²) in [5.74, 6) is 0. The summed E-state index contributed by atoms with van der Waals surface area (Å²) in [4.78, 5) is 10.7. The molecule has 0 aliphatic heterocycles. The van der Waals surface area contributed by atoms with E-state index in [0.717, 1.165) is 0 Å². The van der Waals surface area contributed by atoms with Crippen LogP contribution in [0, 0.1) is 0 Å². The molecule has 0 N–H and O–H groups in total. The van der Waals surface area contributed by atoms with Crippen molar-refractivity contribution in [2.75, 3.05) is 0 Å². The molecule has 0 bridgehead atoms. The summed E-state index contributed by atoms with van der Waals surface area (Å²) in [6.45, 7) is 0. The SMILES string of the molecule is O=C([Se-])c1ccc(Cl)cc1. The number of carbonyl (C=O) groups excluding carboxylic acids is 1. The number of hydrogen-bond donors (Lipinski definition) is 0. The summed E-state index contributed by atoms with van der Waals surface area (Å²) in [6, 6.07) is 6.74. The molecule has 1 aromatic carbocycles. The van der Waals surface area contributed by atoms with Crippen LogP contribution < -0.4 is 0 Å². The monoisotopic (exact) mass is 219 g/mol. The number of carbonyl (C=O) groups is 1. The molecule has 0 saturated carbocycles. The average Bonchev–Trinajstić information content (AvgIpc) is 1.88. The van der Waals surface area contributed by atoms with E-state index in [1.54, 1.807) is 24.3 Å². The molecule has 1 aromatic rings. The molecular weight excluding hydrogens is 214 g/mol. The molecule has 0 aromatic heterocycles. The van der Waals surface area contributed by atoms with Crippen LogP contribution in [0.1, 0.15) is 10.4 Å². The second-order valence-corrected chi connectivity index (χ2v) is 3.01. The van der Waals surface area contributed by atoms with Crippen LogP contribution in [0.5, 0.6) is 0 Å². The first kappa shape index (κ1) is 7.80. The molecule has 3 heteroatoms. The van der Waals surface area contributed by atoms with E-state index >= 15 is 0 Å². The third-order valence-electron chi connectivity index (χ3n) is 1.08. The van der Waals surface area contributed by atoms with Crippen LogP contribution in [-0.4, -0.2) is 20.7 Å². The Morgan fingerprint density at radius 1 is 1.30 bits per heavy atom. The summed E-state index contributed by atoms with van der Waals surface area (Å²) in [6.07, 6.45) is 0. The third-order valence-corrected chi connectivity index (χ3v) is 1.83. The van der Waals surface area contributed by atoms with E-state index in [9.17, 15) is 4.79 Å². The molecule has 0 heterocycles. The van der Waals surface area contributed by atoms with Gasteiger partial charge in [0.2, 0.25) is 0 Å². The molecule has 0 atom stereocenters. The van der Waals surface area contributed by atoms with Crippen LogP contribution in [0.15, 0.2) is 24.3 Å². The van der Waals surface area contributed by atoms with E-state index in [1.165, 1.54) is 0 Å². The van der Waals surface area contributed by atoms with E-state index in [-0.39, 0.29) is 4.68 Å². The van der Waals surface area contributed by atoms with Crippen molar-refractivity contribution in [3.63, 3.8) is 0 Å². The van der Waals surface area contributed by atoms with Crippen molar-refractivity contribution >= 4 is 32.3 Å². The van der Waals surface area contributed by atoms with Crippen LogP contribution in [0.4, 0.5) is 0 Å². The van der Waals surface area contributed by atoms with Gasteiger partial charge in [-0.2, -0.15) is 0 Å². The minimum atomic E-state index is -0.0586. The topological polar surface area (TPSA) is 17.1 Å². The van der Waals surface area contributed by atoms with Gasteiger partial charge >= 0.3 is 71.9 Å². The summed E-state index contributed by atoms with van der Waals surface area (Å²) >= 11 is 7.99. The Balaban J connectivity index is 3.00. The Labute approximate surface area is 72.2 Å². The molecular formula is C7H4ClOSe-. The molecule has 0 amide bonds. The Bertz CT molecular complexity index is 242. The average molecular weight is 219 g/mol. The molecule has 0 aliphatic rings. The second kappa shape index (κ2) is 3.20. The fraction of sp³-hybridized carbons (Fsp3) is 0. The number of hydrogen-bond acceptors (Lipinski definition) is 1. The molecule has 0 unspecified atom stereocenters. The van der Waals surface area contributed by atoms with Crippen molar-refractivity contribution < 1.29 is 4.79 Å². The van der Waals surface area contributed by atoms with Gasteiger partial charge in [0, 0.05) is 0 Å². The molecule has 0 fully saturated rings. The van der Waals surface area contributed by atoms with E-state index in [0.29, 0.717) is 10.6 Å². The van der Waals surface area contributed by atoms with Crippen molar-refractivity contribution in [2.45, 2.75) is 0 Å². The van der Waals surface area contributed by atoms with Crippen LogP contribution in [0.2, 0.25) is 5.02 Å². The Kier molecular flexibility index (Phi) is 2.50. The summed E-state index contributed by atoms with van der Waals surface area (Å²) in [5.41, 5.74) is 0.643. The first-order chi connectivity index (χ1) is 4.70. The normalized spacial score (nSPS) is 9.30. The van der Waals surface area contributed by atoms with Crippen molar-refractivity contribution in [2.24, 2.45) is 0 Å². The van der Waals surface area contributed by atoms with Gasteiger partial charge in [0.1, 0.15) is 0 Å². The van der Waals surface area contributed by atoms with Crippen molar-refractivity contribution in [1.29, 1.82) is 0 Å². The van der Waals surface area contributed by atoms with Gasteiger partial charge in [0.05, 0.1) is 0 Å². The Hall–Kier alpha value is -0.301. The molecule has 1 nitrogen and oxygen atoms in total. The van der Waals surface area contributed by atoms with Gasteiger partial charge in [-0.05, 0) is 0 Å². The van der Waals surface area contributed by atoms with E-state index in [1.807, 2.05) is 0 Å². The van der Waals surface area contributed by atoms with Gasteiger partial charge in [-0.1, -0.05) is 0 Å². The zero-order valence-corrected chi connectivity index (χ0v) is 7.47. The van der Waals surface area contributed by atoms with Crippen molar-refractivity contribution in [3.05, 3.63) is 34.9 Å². The molecule has 1 rings (SSSR count). The maximum absolute atomic E-state index is 10.7. The third kappa shape index (κ3) is 1.84. The Morgan fingerprint density at radius 3 is 2.20 bits per heavy atom. The molecule has 10 heavy (non-hydrogen) atoms. The first-order valence-electron chi connectivity index (χ1n) is 2.67. The standard InChI is InChI=1S/C7H5ClOSe/c8-6-3-1-5(2-4-6)7(9)10/h1-4H,(H,9,10)/p-1. The van der Waals surface area contributed by atoms with Crippen LogP contribution in [-0.2, 0) is 0 Å². The van der Waals surface area contributed by atoms with Gasteiger partial charge < -0.3 is 0 Å². The van der Waals surface area contributed by atoms with Crippen molar-refractivity contribution in [3.8, 4) is 0 Å². The predicted octanol–water partition coefficient (Wildman–Crippen LogP) is 1.65. The van der Waals surface area contributed by atoms with Gasteiger partial charge in [-0.15, -0.1) is 0 Å². The van der Waals surface area contributed by atoms with Gasteiger partial charge in [-0.25, -0.2) is 0 Å². The Morgan fingerprint density at radius 2 is 1.80 bits per heavy atom. The van der Waals surface area contributed by atoms with Crippen LogP contribution in [0.3, 0.4) is 0 Å². The van der Waals surface area contributed by atoms with Gasteiger partial charge in [-0.3, -0.25) is 0 Å². The quantitative estimate of drug-likeness (QED) is 0.655. The van der Waals surface area contributed by atoms with Gasteiger partial charge in [0.25, 0.3) is 0 Å². The fourth-order valence-electron chi connectivity index (χ4n) is 0.586. The molecule has 0 spiro atoms. The molecule has 0 aliphatic carbocycles. The zero-order valence-electron chi connectivity index (χ0n) is 5.00. The maximum atomic E-state index is 10.7. The van der Waals surface area contributed by atoms with Crippen LogP contribution in [0.25, 0.3) is 0 Å². The predicted molar refractivity (Wildman–Crippen MR) is 41.5 cm³/mol. The summed E-state index contributed by atoms with van der Waals surface area (Å²) < 4.78 is -0.0586. The molecule has 52 valence electrons. The fourth-order valence-corrected chi connectivity index (χ4v) is 0.997. The number of rotatable bonds is 1. The van der Waals surface area contributed by atoms with E-state index in [2.05, 4.69) is 16.0 Å². The summed E-state index contributed by atoms with van der Waals surface area (Å²) in [7, 11) is 0. The van der Waals surface area contributed by atoms with Crippen LogP contribution >= 0.6 is 11.6 Å². The van der Waals surface area contributed by atoms with Gasteiger partial charge in [0.15, 0.2) is 0 Å². The van der Waals surface area contributed by atoms with Crippen molar-refractivity contribution in [1.82, 2.24) is 0 Å². The first-order valence-corrected chi connectivity index (χ1v) is 3.90. The summed E-state index contributed by atoms with van der Waals surface area (Å²) in [5, 5.41) is 0.644. The second-order valence-electron chi connectivity index (χ2n) is 1.79. The van der Waals surface area contributed by atoms with E-state index in [4.69, 9.17) is 11.6 Å². The number of benzene rings is 1. The number of halogens is 1. The van der Waals surface area contributed by atoms with E-state index < -0.39 is 0 Å². The molecule has 0 saturated heterocycles.